The maximum Gasteiger partial charge on any atom is 0.439 e. The second-order valence-electron chi connectivity index (χ2n) is 6.07. The van der Waals surface area contributed by atoms with Crippen LogP contribution in [-0.2, 0) is 11.0 Å². The number of alkyl halides is 15. The van der Waals surface area contributed by atoms with Crippen LogP contribution in [0.4, 0.5) is 71.5 Å². The largest absolute Gasteiger partial charge is 0.439 e. The maximum absolute atomic E-state index is 13.4. The predicted molar refractivity (Wildman–Crippen MR) is 78.7 cm³/mol. The summed E-state index contributed by atoms with van der Waals surface area (Å²) in [6.07, 6.45) is -32.7. The van der Waals surface area contributed by atoms with Gasteiger partial charge in [-0.1, -0.05) is 11.6 Å². The Morgan fingerprint density at radius 1 is 0.758 bits per heavy atom. The van der Waals surface area contributed by atoms with E-state index in [1.165, 1.54) is 0 Å². The van der Waals surface area contributed by atoms with Crippen molar-refractivity contribution in [1.82, 2.24) is 5.32 Å². The van der Waals surface area contributed by atoms with E-state index >= 15 is 0 Å². The van der Waals surface area contributed by atoms with Gasteiger partial charge in [0.15, 0.2) is 0 Å². The Kier molecular flexibility index (Phi) is 7.41. The molecule has 0 atom stereocenters. The maximum atomic E-state index is 13.4. The van der Waals surface area contributed by atoms with Crippen LogP contribution in [0.2, 0.25) is 5.02 Å². The quantitative estimate of drug-likeness (QED) is 0.342. The number of hydrogen-bond acceptors (Lipinski definition) is 2. The van der Waals surface area contributed by atoms with Crippen molar-refractivity contribution in [2.24, 2.45) is 5.92 Å². The molecule has 0 heterocycles. The van der Waals surface area contributed by atoms with Crippen molar-refractivity contribution in [1.29, 1.82) is 0 Å². The molecule has 0 saturated carbocycles. The van der Waals surface area contributed by atoms with Crippen LogP contribution >= 0.6 is 11.6 Å². The number of benzene rings is 1. The Morgan fingerprint density at radius 3 is 1.52 bits per heavy atom. The topological polar surface area (TPSA) is 41.1 Å². The fourth-order valence-electron chi connectivity index (χ4n) is 2.21. The summed E-state index contributed by atoms with van der Waals surface area (Å²) in [4.78, 5) is 11.4. The number of nitrogens with one attached hydrogen (secondary N) is 2. The van der Waals surface area contributed by atoms with Crippen LogP contribution in [0.15, 0.2) is 18.2 Å². The van der Waals surface area contributed by atoms with Crippen molar-refractivity contribution in [2.75, 3.05) is 5.32 Å². The van der Waals surface area contributed by atoms with E-state index in [4.69, 9.17) is 11.6 Å². The van der Waals surface area contributed by atoms with Gasteiger partial charge in [0, 0.05) is 0 Å². The molecule has 33 heavy (non-hydrogen) atoms. The van der Waals surface area contributed by atoms with Crippen LogP contribution in [0.3, 0.4) is 0 Å². The zero-order chi connectivity index (χ0) is 26.4. The normalized spacial score (nSPS) is 14.5. The van der Waals surface area contributed by atoms with E-state index in [0.717, 1.165) is 0 Å². The van der Waals surface area contributed by atoms with Gasteiger partial charge in [-0.15, -0.1) is 0 Å². The Hall–Kier alpha value is -2.27. The molecule has 1 rings (SSSR count). The van der Waals surface area contributed by atoms with Crippen molar-refractivity contribution in [3.63, 3.8) is 0 Å². The van der Waals surface area contributed by atoms with E-state index in [2.05, 4.69) is 0 Å². The van der Waals surface area contributed by atoms with E-state index in [0.29, 0.717) is 5.32 Å². The first kappa shape index (κ1) is 28.8. The van der Waals surface area contributed by atoms with E-state index in [1.807, 2.05) is 0 Å². The lowest BCUT2D eigenvalue weighted by atomic mass is 10.0. The van der Waals surface area contributed by atoms with Crippen molar-refractivity contribution in [3.8, 4) is 0 Å². The van der Waals surface area contributed by atoms with Crippen molar-refractivity contribution in [3.05, 3.63) is 28.8 Å². The van der Waals surface area contributed by atoms with Gasteiger partial charge < -0.3 is 10.6 Å². The lowest BCUT2D eigenvalue weighted by Gasteiger charge is -2.40. The minimum Gasteiger partial charge on any atom is -0.346 e. The van der Waals surface area contributed by atoms with Gasteiger partial charge in [0.25, 0.3) is 0 Å². The van der Waals surface area contributed by atoms with E-state index < -0.39 is 76.0 Å². The number of carbonyl (C=O) groups excluding carboxylic acids is 1. The predicted octanol–water partition coefficient (Wildman–Crippen LogP) is 6.45. The molecule has 0 aliphatic heterocycles. The highest BCUT2D eigenvalue weighted by Crippen LogP contribution is 2.47. The number of rotatable bonds is 4. The molecule has 0 aliphatic carbocycles. The molecule has 1 aromatic rings. The first-order valence-electron chi connectivity index (χ1n) is 7.58. The zero-order valence-corrected chi connectivity index (χ0v) is 15.5. The van der Waals surface area contributed by atoms with Crippen LogP contribution in [0.25, 0.3) is 0 Å². The molecule has 1 amide bonds. The summed E-state index contributed by atoms with van der Waals surface area (Å²) < 4.78 is 194. The average Bonchev–Trinajstić information content (AvgIpc) is 2.49. The van der Waals surface area contributed by atoms with Crippen LogP contribution in [0, 0.1) is 5.92 Å². The van der Waals surface area contributed by atoms with Gasteiger partial charge in [-0.25, -0.2) is 0 Å². The fourth-order valence-corrected chi connectivity index (χ4v) is 2.38. The van der Waals surface area contributed by atoms with Crippen LogP contribution in [0.1, 0.15) is 5.56 Å². The van der Waals surface area contributed by atoms with Gasteiger partial charge >= 0.3 is 36.5 Å². The van der Waals surface area contributed by atoms with Gasteiger partial charge in [0.05, 0.1) is 16.3 Å². The fraction of sp³-hybridized carbons (Fsp3) is 0.500. The molecule has 0 aromatic heterocycles. The molecule has 19 heteroatoms. The minimum absolute atomic E-state index is 0.0955. The summed E-state index contributed by atoms with van der Waals surface area (Å²) in [6, 6.07) is -0.204. The Labute approximate surface area is 176 Å². The van der Waals surface area contributed by atoms with Crippen LogP contribution < -0.4 is 10.6 Å². The monoisotopic (exact) mass is 538 g/mol. The van der Waals surface area contributed by atoms with E-state index in [9.17, 15) is 70.7 Å². The van der Waals surface area contributed by atoms with Crippen LogP contribution in [-0.4, -0.2) is 36.3 Å². The lowest BCUT2D eigenvalue weighted by molar-refractivity contribution is -0.304. The van der Waals surface area contributed by atoms with Gasteiger partial charge in [0.1, 0.15) is 0 Å². The highest BCUT2D eigenvalue weighted by Gasteiger charge is 2.74. The number of amides is 1. The average molecular weight is 539 g/mol. The molecular formula is C14H6ClF15N2O. The highest BCUT2D eigenvalue weighted by molar-refractivity contribution is 6.33. The SMILES string of the molecule is O=C(NC(Nc1cc(C(F)(F)F)ccc1Cl)(C(F)(F)F)C(F)(F)F)C(C(F)(F)F)C(F)(F)F. The Morgan fingerprint density at radius 2 is 1.18 bits per heavy atom. The van der Waals surface area contributed by atoms with E-state index in [1.54, 1.807) is 0 Å². The molecule has 0 aliphatic rings. The summed E-state index contributed by atoms with van der Waals surface area (Å²) in [7, 11) is 0. The standard InChI is InChI=1S/C14H6ClF15N2O/c15-5-2-1-4(9(16,17)18)3-6(5)31-12(13(25,26)27,14(28,29)30)32-8(33)7(10(19,20)21)11(22,23)24/h1-3,7,31H,(H,32,33). The van der Waals surface area contributed by atoms with Crippen molar-refractivity contribution < 1.29 is 70.7 Å². The molecule has 190 valence electrons. The first-order chi connectivity index (χ1) is 14.3. The van der Waals surface area contributed by atoms with Gasteiger partial charge in [0.2, 0.25) is 11.8 Å². The summed E-state index contributed by atoms with van der Waals surface area (Å²) in [5, 5.41) is -1.42. The van der Waals surface area contributed by atoms with Gasteiger partial charge in [-0.2, -0.15) is 65.9 Å². The number of hydrogen-bond donors (Lipinski definition) is 2. The summed E-state index contributed by atoms with van der Waals surface area (Å²) >= 11 is 5.26. The first-order valence-corrected chi connectivity index (χ1v) is 7.96. The molecule has 2 N–H and O–H groups in total. The summed E-state index contributed by atoms with van der Waals surface area (Å²) in [5.74, 6) is -9.20. The van der Waals surface area contributed by atoms with Crippen molar-refractivity contribution >= 4 is 23.2 Å². The highest BCUT2D eigenvalue weighted by atomic mass is 35.5. The second-order valence-corrected chi connectivity index (χ2v) is 6.48. The lowest BCUT2D eigenvalue weighted by Crippen LogP contribution is -2.73. The molecule has 0 unspecified atom stereocenters. The molecule has 0 spiro atoms. The molecule has 0 fully saturated rings. The second kappa shape index (κ2) is 8.50. The zero-order valence-electron chi connectivity index (χ0n) is 14.8. The Bertz CT molecular complexity index is 838. The molecule has 0 saturated heterocycles. The van der Waals surface area contributed by atoms with Gasteiger partial charge in [-0.05, 0) is 18.2 Å². The van der Waals surface area contributed by atoms with E-state index in [-0.39, 0.29) is 12.1 Å². The molecule has 0 bridgehead atoms. The summed E-state index contributed by atoms with van der Waals surface area (Å²) in [6.45, 7) is 0. The van der Waals surface area contributed by atoms with Crippen molar-refractivity contribution in [2.45, 2.75) is 36.5 Å². The number of anilines is 1. The molecule has 0 radical (unpaired) electrons. The molecule has 1 aromatic carbocycles. The third-order valence-corrected chi connectivity index (χ3v) is 4.02. The summed E-state index contributed by atoms with van der Waals surface area (Å²) in [5.41, 5.74) is -9.90. The van der Waals surface area contributed by atoms with Crippen LogP contribution in [0.5, 0.6) is 0 Å². The number of halogens is 16. The third-order valence-electron chi connectivity index (χ3n) is 3.69. The molecular weight excluding hydrogens is 533 g/mol. The third kappa shape index (κ3) is 6.20. The number of carbonyl (C=O) groups is 1. The Balaban J connectivity index is 3.75. The van der Waals surface area contributed by atoms with Gasteiger partial charge in [-0.3, -0.25) is 4.79 Å². The smallest absolute Gasteiger partial charge is 0.346 e. The molecule has 3 nitrogen and oxygen atoms in total. The minimum atomic E-state index is -6.96.